The number of nitrogens with zero attached hydrogens (tertiary/aromatic N) is 4. The fraction of sp³-hybridized carbons (Fsp3) is 0.560. The number of amidine groups is 1. The molecule has 0 aliphatic carbocycles. The second-order valence-electron chi connectivity index (χ2n) is 9.73. The molecule has 2 fully saturated rings. The summed E-state index contributed by atoms with van der Waals surface area (Å²) in [6.45, 7) is 7.41. The molecule has 0 unspecified atom stereocenters. The SMILES string of the molecule is CC(C)COC(=O)CCNC(=O)N[C@H]1CCN(c2ccc(C(N)=NOC(=O)N3CCN(C)CC3)cc2)C1=O. The third-order valence-electron chi connectivity index (χ3n) is 6.16. The third-order valence-corrected chi connectivity index (χ3v) is 6.16. The van der Waals surface area contributed by atoms with Crippen LogP contribution in [0.3, 0.4) is 0 Å². The van der Waals surface area contributed by atoms with Crippen molar-refractivity contribution in [1.29, 1.82) is 0 Å². The van der Waals surface area contributed by atoms with E-state index in [9.17, 15) is 19.2 Å². The van der Waals surface area contributed by atoms with Crippen LogP contribution in [-0.4, -0.2) is 98.6 Å². The number of hydrogen-bond donors (Lipinski definition) is 3. The van der Waals surface area contributed by atoms with Crippen molar-refractivity contribution in [2.75, 3.05) is 57.8 Å². The maximum Gasteiger partial charge on any atom is 0.436 e. The minimum atomic E-state index is -0.678. The Morgan fingerprint density at radius 1 is 1.11 bits per heavy atom. The van der Waals surface area contributed by atoms with Gasteiger partial charge in [0.25, 0.3) is 0 Å². The topological polar surface area (TPSA) is 159 Å². The summed E-state index contributed by atoms with van der Waals surface area (Å²) < 4.78 is 5.06. The number of ether oxygens (including phenoxy) is 1. The normalized spacial score (nSPS) is 18.5. The Bertz CT molecular complexity index is 1020. The van der Waals surface area contributed by atoms with Crippen LogP contribution in [0.4, 0.5) is 15.3 Å². The molecule has 208 valence electrons. The Kier molecular flexibility index (Phi) is 10.3. The van der Waals surface area contributed by atoms with E-state index in [1.807, 2.05) is 20.9 Å². The van der Waals surface area contributed by atoms with Crippen molar-refractivity contribution in [2.24, 2.45) is 16.8 Å². The van der Waals surface area contributed by atoms with Crippen molar-refractivity contribution in [3.05, 3.63) is 29.8 Å². The Hall–Kier alpha value is -3.87. The van der Waals surface area contributed by atoms with Crippen molar-refractivity contribution in [3.8, 4) is 0 Å². The first-order valence-corrected chi connectivity index (χ1v) is 12.7. The summed E-state index contributed by atoms with van der Waals surface area (Å²) in [6.07, 6.45) is -0.0522. The number of benzene rings is 1. The van der Waals surface area contributed by atoms with Gasteiger partial charge in [-0.2, -0.15) is 0 Å². The van der Waals surface area contributed by atoms with E-state index in [-0.39, 0.29) is 36.6 Å². The molecule has 0 bridgehead atoms. The number of likely N-dealkylation sites (N-methyl/N-ethyl adjacent to an activating group) is 1. The highest BCUT2D eigenvalue weighted by molar-refractivity contribution is 6.02. The molecule has 1 atom stereocenters. The van der Waals surface area contributed by atoms with Crippen molar-refractivity contribution >= 4 is 35.5 Å². The molecule has 0 aromatic heterocycles. The van der Waals surface area contributed by atoms with Crippen molar-refractivity contribution < 1.29 is 28.8 Å². The van der Waals surface area contributed by atoms with Gasteiger partial charge in [0.1, 0.15) is 6.04 Å². The van der Waals surface area contributed by atoms with Crippen LogP contribution >= 0.6 is 0 Å². The van der Waals surface area contributed by atoms with Gasteiger partial charge < -0.3 is 35.8 Å². The highest BCUT2D eigenvalue weighted by atomic mass is 16.7. The molecule has 2 aliphatic rings. The Morgan fingerprint density at radius 3 is 2.45 bits per heavy atom. The number of esters is 1. The molecule has 2 saturated heterocycles. The molecule has 0 saturated carbocycles. The first-order valence-electron chi connectivity index (χ1n) is 12.7. The molecule has 4 N–H and O–H groups in total. The Labute approximate surface area is 222 Å². The smallest absolute Gasteiger partial charge is 0.436 e. The van der Waals surface area contributed by atoms with E-state index >= 15 is 0 Å². The van der Waals surface area contributed by atoms with Crippen LogP contribution in [0, 0.1) is 5.92 Å². The number of nitrogens with one attached hydrogen (secondary N) is 2. The van der Waals surface area contributed by atoms with E-state index in [0.29, 0.717) is 43.9 Å². The van der Waals surface area contributed by atoms with Gasteiger partial charge in [-0.3, -0.25) is 14.4 Å². The van der Waals surface area contributed by atoms with Crippen molar-refractivity contribution in [1.82, 2.24) is 20.4 Å². The Balaban J connectivity index is 1.44. The first kappa shape index (κ1) is 28.7. The lowest BCUT2D eigenvalue weighted by atomic mass is 10.2. The average Bonchev–Trinajstić information content (AvgIpc) is 3.25. The molecule has 2 aliphatic heterocycles. The largest absolute Gasteiger partial charge is 0.465 e. The predicted octanol–water partition coefficient (Wildman–Crippen LogP) is 0.685. The number of urea groups is 1. The highest BCUT2D eigenvalue weighted by Gasteiger charge is 2.33. The molecular weight excluding hydrogens is 494 g/mol. The predicted molar refractivity (Wildman–Crippen MR) is 140 cm³/mol. The minimum absolute atomic E-state index is 0.0380. The number of carbonyl (C=O) groups excluding carboxylic acids is 4. The van der Waals surface area contributed by atoms with Crippen LogP contribution in [0.2, 0.25) is 0 Å². The van der Waals surface area contributed by atoms with Gasteiger partial charge in [0, 0.05) is 50.5 Å². The molecule has 2 heterocycles. The van der Waals surface area contributed by atoms with Crippen LogP contribution < -0.4 is 21.3 Å². The monoisotopic (exact) mass is 531 g/mol. The second-order valence-corrected chi connectivity index (χ2v) is 9.73. The van der Waals surface area contributed by atoms with E-state index in [4.69, 9.17) is 15.3 Å². The molecule has 0 spiro atoms. The summed E-state index contributed by atoms with van der Waals surface area (Å²) in [5.74, 6) is -0.349. The summed E-state index contributed by atoms with van der Waals surface area (Å²) in [5.41, 5.74) is 7.15. The van der Waals surface area contributed by atoms with E-state index in [1.165, 1.54) is 0 Å². The number of carbonyl (C=O) groups is 4. The molecule has 4 amide bonds. The summed E-state index contributed by atoms with van der Waals surface area (Å²) in [7, 11) is 1.99. The lowest BCUT2D eigenvalue weighted by Gasteiger charge is -2.30. The van der Waals surface area contributed by atoms with Crippen LogP contribution in [-0.2, 0) is 19.2 Å². The van der Waals surface area contributed by atoms with Crippen molar-refractivity contribution in [2.45, 2.75) is 32.7 Å². The summed E-state index contributed by atoms with van der Waals surface area (Å²) in [5, 5.41) is 8.98. The first-order chi connectivity index (χ1) is 18.1. The summed E-state index contributed by atoms with van der Waals surface area (Å²) in [6, 6.07) is 5.58. The number of anilines is 1. The van der Waals surface area contributed by atoms with Gasteiger partial charge in [-0.1, -0.05) is 19.0 Å². The van der Waals surface area contributed by atoms with Crippen LogP contribution in [0.25, 0.3) is 0 Å². The second kappa shape index (κ2) is 13.6. The number of amides is 4. The zero-order valence-electron chi connectivity index (χ0n) is 22.1. The molecule has 1 aromatic carbocycles. The molecule has 3 rings (SSSR count). The lowest BCUT2D eigenvalue weighted by molar-refractivity contribution is -0.144. The van der Waals surface area contributed by atoms with Gasteiger partial charge >= 0.3 is 18.1 Å². The van der Waals surface area contributed by atoms with Gasteiger partial charge in [0.15, 0.2) is 5.84 Å². The third kappa shape index (κ3) is 8.33. The zero-order chi connectivity index (χ0) is 27.7. The van der Waals surface area contributed by atoms with E-state index < -0.39 is 18.2 Å². The molecule has 13 nitrogen and oxygen atoms in total. The number of hydrogen-bond acceptors (Lipinski definition) is 8. The molecule has 13 heteroatoms. The fourth-order valence-corrected chi connectivity index (χ4v) is 3.89. The van der Waals surface area contributed by atoms with Gasteiger partial charge in [-0.05, 0) is 43.7 Å². The highest BCUT2D eigenvalue weighted by Crippen LogP contribution is 2.22. The van der Waals surface area contributed by atoms with Crippen LogP contribution in [0.15, 0.2) is 29.4 Å². The van der Waals surface area contributed by atoms with E-state index in [0.717, 1.165) is 13.1 Å². The van der Waals surface area contributed by atoms with E-state index in [2.05, 4.69) is 20.7 Å². The van der Waals surface area contributed by atoms with Gasteiger partial charge in [0.2, 0.25) is 5.91 Å². The maximum absolute atomic E-state index is 12.8. The zero-order valence-corrected chi connectivity index (χ0v) is 22.1. The number of piperazine rings is 1. The standard InChI is InChI=1S/C25H37N7O6/c1-17(2)16-37-21(33)8-10-27-24(35)28-20-9-11-32(23(20)34)19-6-4-18(5-7-19)22(26)29-38-25(36)31-14-12-30(3)13-15-31/h4-7,17,20H,8-16H2,1-3H3,(H2,26,29)(H2,27,28,35)/t20-/m0/s1. The maximum atomic E-state index is 12.8. The molecule has 38 heavy (non-hydrogen) atoms. The number of rotatable bonds is 9. The van der Waals surface area contributed by atoms with Gasteiger partial charge in [-0.25, -0.2) is 9.59 Å². The average molecular weight is 532 g/mol. The lowest BCUT2D eigenvalue weighted by Crippen LogP contribution is -2.47. The molecule has 0 radical (unpaired) electrons. The summed E-state index contributed by atoms with van der Waals surface area (Å²) >= 11 is 0. The number of nitrogens with two attached hydrogens (primary N) is 1. The Morgan fingerprint density at radius 2 is 1.79 bits per heavy atom. The summed E-state index contributed by atoms with van der Waals surface area (Å²) in [4.78, 5) is 59.1. The molecule has 1 aromatic rings. The van der Waals surface area contributed by atoms with Gasteiger partial charge in [0.05, 0.1) is 13.0 Å². The van der Waals surface area contributed by atoms with Crippen LogP contribution in [0.1, 0.15) is 32.3 Å². The quantitative estimate of drug-likeness (QED) is 0.138. The van der Waals surface area contributed by atoms with Crippen LogP contribution in [0.5, 0.6) is 0 Å². The minimum Gasteiger partial charge on any atom is -0.465 e. The number of oxime groups is 1. The molecular formula is C25H37N7O6. The van der Waals surface area contributed by atoms with E-state index in [1.54, 1.807) is 34.1 Å². The van der Waals surface area contributed by atoms with Crippen molar-refractivity contribution in [3.63, 3.8) is 0 Å². The fourth-order valence-electron chi connectivity index (χ4n) is 3.89. The van der Waals surface area contributed by atoms with Gasteiger partial charge in [-0.15, -0.1) is 0 Å².